The summed E-state index contributed by atoms with van der Waals surface area (Å²) >= 11 is 3.31. The van der Waals surface area contributed by atoms with Gasteiger partial charge in [0, 0.05) is 4.47 Å². The standard InChI is InChI=1S/C14H10BrN3O2/c15-9-5-4-8(7-16)12(6-9)18-13-10(14(19)20)2-1-3-11(13)17/h1-6,18H,17H2,(H,19,20). The highest BCUT2D eigenvalue weighted by molar-refractivity contribution is 9.10. The van der Waals surface area contributed by atoms with Gasteiger partial charge in [-0.15, -0.1) is 0 Å². The number of nitriles is 1. The number of hydrogen-bond acceptors (Lipinski definition) is 4. The van der Waals surface area contributed by atoms with E-state index in [0.717, 1.165) is 4.47 Å². The maximum absolute atomic E-state index is 11.2. The molecule has 2 aromatic carbocycles. The predicted octanol–water partition coefficient (Wildman–Crippen LogP) is 3.34. The number of carboxylic acid groups (broad SMARTS) is 1. The maximum atomic E-state index is 11.2. The van der Waals surface area contributed by atoms with Crippen LogP contribution in [-0.2, 0) is 0 Å². The Morgan fingerprint density at radius 3 is 2.75 bits per heavy atom. The van der Waals surface area contributed by atoms with Gasteiger partial charge in [0.2, 0.25) is 0 Å². The number of halogens is 1. The van der Waals surface area contributed by atoms with Crippen molar-refractivity contribution in [1.82, 2.24) is 0 Å². The van der Waals surface area contributed by atoms with Crippen LogP contribution in [0.25, 0.3) is 0 Å². The lowest BCUT2D eigenvalue weighted by atomic mass is 10.1. The van der Waals surface area contributed by atoms with Gasteiger partial charge >= 0.3 is 5.97 Å². The number of para-hydroxylation sites is 1. The van der Waals surface area contributed by atoms with Gasteiger partial charge in [-0.1, -0.05) is 22.0 Å². The van der Waals surface area contributed by atoms with Crippen molar-refractivity contribution in [3.05, 3.63) is 52.0 Å². The third-order valence-electron chi connectivity index (χ3n) is 2.69. The van der Waals surface area contributed by atoms with E-state index in [2.05, 4.69) is 21.2 Å². The van der Waals surface area contributed by atoms with E-state index in [1.807, 2.05) is 6.07 Å². The van der Waals surface area contributed by atoms with Crippen LogP contribution < -0.4 is 11.1 Å². The van der Waals surface area contributed by atoms with E-state index in [1.165, 1.54) is 6.07 Å². The average molecular weight is 332 g/mol. The molecular weight excluding hydrogens is 322 g/mol. The zero-order valence-corrected chi connectivity index (χ0v) is 11.8. The zero-order valence-electron chi connectivity index (χ0n) is 10.2. The molecule has 0 bridgehead atoms. The SMILES string of the molecule is N#Cc1ccc(Br)cc1Nc1c(N)cccc1C(=O)O. The summed E-state index contributed by atoms with van der Waals surface area (Å²) in [5.74, 6) is -1.09. The van der Waals surface area contributed by atoms with Crippen LogP contribution in [0.2, 0.25) is 0 Å². The van der Waals surface area contributed by atoms with Crippen molar-refractivity contribution < 1.29 is 9.90 Å². The van der Waals surface area contributed by atoms with Crippen LogP contribution in [0, 0.1) is 11.3 Å². The molecule has 0 radical (unpaired) electrons. The zero-order chi connectivity index (χ0) is 14.7. The summed E-state index contributed by atoms with van der Waals surface area (Å²) in [6, 6.07) is 11.7. The second kappa shape index (κ2) is 5.63. The van der Waals surface area contributed by atoms with Crippen molar-refractivity contribution >= 4 is 39.0 Å². The van der Waals surface area contributed by atoms with Crippen molar-refractivity contribution in [2.45, 2.75) is 0 Å². The van der Waals surface area contributed by atoms with Crippen LogP contribution in [0.15, 0.2) is 40.9 Å². The molecule has 2 rings (SSSR count). The highest BCUT2D eigenvalue weighted by atomic mass is 79.9. The fourth-order valence-corrected chi connectivity index (χ4v) is 2.10. The summed E-state index contributed by atoms with van der Waals surface area (Å²) in [6.07, 6.45) is 0. The topological polar surface area (TPSA) is 99.1 Å². The summed E-state index contributed by atoms with van der Waals surface area (Å²) in [5.41, 5.74) is 7.32. The molecular formula is C14H10BrN3O2. The molecule has 0 heterocycles. The number of nitrogens with two attached hydrogens (primary N) is 1. The Labute approximate surface area is 123 Å². The molecule has 5 nitrogen and oxygen atoms in total. The number of carboxylic acids is 1. The van der Waals surface area contributed by atoms with Gasteiger partial charge in [0.25, 0.3) is 0 Å². The maximum Gasteiger partial charge on any atom is 0.337 e. The molecule has 0 fully saturated rings. The first-order valence-electron chi connectivity index (χ1n) is 5.61. The minimum Gasteiger partial charge on any atom is -0.478 e. The van der Waals surface area contributed by atoms with E-state index in [1.54, 1.807) is 30.3 Å². The van der Waals surface area contributed by atoms with Gasteiger partial charge in [-0.2, -0.15) is 5.26 Å². The molecule has 0 atom stereocenters. The summed E-state index contributed by atoms with van der Waals surface area (Å²) in [5, 5.41) is 21.2. The first-order valence-corrected chi connectivity index (χ1v) is 6.40. The summed E-state index contributed by atoms with van der Waals surface area (Å²) in [4.78, 5) is 11.2. The molecule has 0 aliphatic rings. The third kappa shape index (κ3) is 2.73. The van der Waals surface area contributed by atoms with Crippen LogP contribution in [0.3, 0.4) is 0 Å². The molecule has 100 valence electrons. The largest absolute Gasteiger partial charge is 0.478 e. The molecule has 0 aromatic heterocycles. The van der Waals surface area contributed by atoms with E-state index in [0.29, 0.717) is 16.9 Å². The van der Waals surface area contributed by atoms with Gasteiger partial charge in [0.15, 0.2) is 0 Å². The lowest BCUT2D eigenvalue weighted by Gasteiger charge is -2.13. The van der Waals surface area contributed by atoms with Gasteiger partial charge < -0.3 is 16.2 Å². The van der Waals surface area contributed by atoms with Crippen LogP contribution in [0.4, 0.5) is 17.1 Å². The van der Waals surface area contributed by atoms with Gasteiger partial charge in [0.1, 0.15) is 6.07 Å². The molecule has 0 aliphatic heterocycles. The fraction of sp³-hybridized carbons (Fsp3) is 0. The molecule has 4 N–H and O–H groups in total. The Morgan fingerprint density at radius 1 is 1.35 bits per heavy atom. The Bertz CT molecular complexity index is 723. The quantitative estimate of drug-likeness (QED) is 0.749. The Balaban J connectivity index is 2.53. The average Bonchev–Trinajstić information content (AvgIpc) is 2.41. The number of anilines is 3. The van der Waals surface area contributed by atoms with E-state index in [4.69, 9.17) is 11.0 Å². The molecule has 2 aromatic rings. The Hall–Kier alpha value is -2.52. The first kappa shape index (κ1) is 13.9. The van der Waals surface area contributed by atoms with Crippen molar-refractivity contribution in [3.8, 4) is 6.07 Å². The minimum atomic E-state index is -1.09. The summed E-state index contributed by atoms with van der Waals surface area (Å²) < 4.78 is 0.769. The number of nitrogens with zero attached hydrogens (tertiary/aromatic N) is 1. The normalized spacial score (nSPS) is 9.80. The molecule has 0 saturated carbocycles. The minimum absolute atomic E-state index is 0.0499. The Kier molecular flexibility index (Phi) is 3.91. The van der Waals surface area contributed by atoms with Crippen molar-refractivity contribution in [2.24, 2.45) is 0 Å². The van der Waals surface area contributed by atoms with Crippen LogP contribution in [-0.4, -0.2) is 11.1 Å². The van der Waals surface area contributed by atoms with Crippen LogP contribution >= 0.6 is 15.9 Å². The first-order chi connectivity index (χ1) is 9.52. The second-order valence-corrected chi connectivity index (χ2v) is 4.92. The van der Waals surface area contributed by atoms with Crippen LogP contribution in [0.1, 0.15) is 15.9 Å². The third-order valence-corrected chi connectivity index (χ3v) is 3.18. The van der Waals surface area contributed by atoms with Crippen molar-refractivity contribution in [2.75, 3.05) is 11.1 Å². The molecule has 0 saturated heterocycles. The summed E-state index contributed by atoms with van der Waals surface area (Å²) in [6.45, 7) is 0. The number of nitrogens with one attached hydrogen (secondary N) is 1. The summed E-state index contributed by atoms with van der Waals surface area (Å²) in [7, 11) is 0. The number of rotatable bonds is 3. The van der Waals surface area contributed by atoms with Crippen molar-refractivity contribution in [1.29, 1.82) is 5.26 Å². The van der Waals surface area contributed by atoms with E-state index < -0.39 is 5.97 Å². The highest BCUT2D eigenvalue weighted by Crippen LogP contribution is 2.30. The molecule has 0 spiro atoms. The molecule has 20 heavy (non-hydrogen) atoms. The highest BCUT2D eigenvalue weighted by Gasteiger charge is 2.14. The monoisotopic (exact) mass is 331 g/mol. The fourth-order valence-electron chi connectivity index (χ4n) is 1.74. The van der Waals surface area contributed by atoms with E-state index >= 15 is 0 Å². The molecule has 0 amide bonds. The number of hydrogen-bond donors (Lipinski definition) is 3. The molecule has 6 heteroatoms. The van der Waals surface area contributed by atoms with Gasteiger partial charge in [-0.3, -0.25) is 0 Å². The van der Waals surface area contributed by atoms with E-state index in [9.17, 15) is 9.90 Å². The lowest BCUT2D eigenvalue weighted by Crippen LogP contribution is -2.06. The number of carbonyl (C=O) groups is 1. The lowest BCUT2D eigenvalue weighted by molar-refractivity contribution is 0.0698. The number of aromatic carboxylic acids is 1. The van der Waals surface area contributed by atoms with Gasteiger partial charge in [-0.25, -0.2) is 4.79 Å². The molecule has 0 unspecified atom stereocenters. The van der Waals surface area contributed by atoms with Gasteiger partial charge in [0.05, 0.1) is 28.2 Å². The smallest absolute Gasteiger partial charge is 0.337 e. The van der Waals surface area contributed by atoms with Crippen molar-refractivity contribution in [3.63, 3.8) is 0 Å². The van der Waals surface area contributed by atoms with Crippen LogP contribution in [0.5, 0.6) is 0 Å². The van der Waals surface area contributed by atoms with Gasteiger partial charge in [-0.05, 0) is 30.3 Å². The van der Waals surface area contributed by atoms with E-state index in [-0.39, 0.29) is 11.3 Å². The predicted molar refractivity (Wildman–Crippen MR) is 80.0 cm³/mol. The number of benzene rings is 2. The Morgan fingerprint density at radius 2 is 2.10 bits per heavy atom. The number of nitrogen functional groups attached to an aromatic ring is 1. The second-order valence-electron chi connectivity index (χ2n) is 4.00. The molecule has 0 aliphatic carbocycles.